The Morgan fingerprint density at radius 2 is 1.71 bits per heavy atom. The van der Waals surface area contributed by atoms with Crippen molar-refractivity contribution in [3.63, 3.8) is 0 Å². The first-order valence-corrected chi connectivity index (χ1v) is 11.0. The van der Waals surface area contributed by atoms with Gasteiger partial charge in [0.15, 0.2) is 10.2 Å². The van der Waals surface area contributed by atoms with E-state index < -0.39 is 0 Å². The smallest absolute Gasteiger partial charge is 0.257 e. The number of thiocarbonyl (C=S) groups is 1. The van der Waals surface area contributed by atoms with Crippen LogP contribution in [0.1, 0.15) is 27.0 Å². The van der Waals surface area contributed by atoms with Crippen LogP contribution in [-0.2, 0) is 6.61 Å². The third-order valence-corrected chi connectivity index (χ3v) is 6.06. The van der Waals surface area contributed by atoms with Gasteiger partial charge in [-0.3, -0.25) is 10.1 Å². The minimum Gasteiger partial charge on any atom is -0.489 e. The number of benzene rings is 3. The molecule has 156 valence electrons. The molecule has 0 aliphatic heterocycles. The number of carbonyl (C=O) groups is 1. The van der Waals surface area contributed by atoms with Gasteiger partial charge >= 0.3 is 0 Å². The summed E-state index contributed by atoms with van der Waals surface area (Å²) in [6.07, 6.45) is 0. The van der Waals surface area contributed by atoms with Crippen LogP contribution in [0.3, 0.4) is 0 Å². The molecule has 31 heavy (non-hydrogen) atoms. The molecule has 4 aromatic rings. The largest absolute Gasteiger partial charge is 0.489 e. The number of ether oxygens (including phenoxy) is 1. The molecule has 2 N–H and O–H groups in total. The zero-order valence-electron chi connectivity index (χ0n) is 17.1. The summed E-state index contributed by atoms with van der Waals surface area (Å²) in [5, 5.41) is 6.59. The van der Waals surface area contributed by atoms with E-state index in [-0.39, 0.29) is 11.0 Å². The third-order valence-electron chi connectivity index (χ3n) is 4.75. The first kappa shape index (κ1) is 21.0. The molecule has 7 heteroatoms. The van der Waals surface area contributed by atoms with Gasteiger partial charge in [-0.2, -0.15) is 0 Å². The summed E-state index contributed by atoms with van der Waals surface area (Å²) in [5.74, 6) is 0.405. The molecule has 1 amide bonds. The summed E-state index contributed by atoms with van der Waals surface area (Å²) in [4.78, 5) is 17.1. The lowest BCUT2D eigenvalue weighted by molar-refractivity contribution is 0.0977. The first-order valence-electron chi connectivity index (χ1n) is 9.75. The molecule has 0 atom stereocenters. The number of thiazole rings is 1. The first-order chi connectivity index (χ1) is 15.0. The molecule has 0 aliphatic carbocycles. The van der Waals surface area contributed by atoms with E-state index in [1.165, 1.54) is 11.3 Å². The molecule has 0 radical (unpaired) electrons. The Bertz CT molecular complexity index is 1200. The lowest BCUT2D eigenvalue weighted by Gasteiger charge is -2.09. The second-order valence-corrected chi connectivity index (χ2v) is 8.51. The monoisotopic (exact) mass is 447 g/mol. The minimum atomic E-state index is -0.291. The number of fused-ring (bicyclic) bond motifs is 1. The highest BCUT2D eigenvalue weighted by Gasteiger charge is 2.12. The topological polar surface area (TPSA) is 63.2 Å². The fourth-order valence-corrected chi connectivity index (χ4v) is 4.33. The highest BCUT2D eigenvalue weighted by molar-refractivity contribution is 7.80. The van der Waals surface area contributed by atoms with Crippen LogP contribution in [-0.4, -0.2) is 16.0 Å². The van der Waals surface area contributed by atoms with Crippen molar-refractivity contribution in [1.82, 2.24) is 10.3 Å². The van der Waals surface area contributed by atoms with Crippen molar-refractivity contribution in [2.45, 2.75) is 20.5 Å². The van der Waals surface area contributed by atoms with E-state index in [1.54, 1.807) is 24.3 Å². The van der Waals surface area contributed by atoms with E-state index in [4.69, 9.17) is 17.0 Å². The number of hydrogen-bond acceptors (Lipinski definition) is 5. The number of aromatic nitrogens is 1. The van der Waals surface area contributed by atoms with Crippen LogP contribution >= 0.6 is 23.6 Å². The van der Waals surface area contributed by atoms with E-state index in [2.05, 4.69) is 34.7 Å². The number of nitrogens with one attached hydrogen (secondary N) is 2. The molecule has 0 unspecified atom stereocenters. The molecule has 1 heterocycles. The Hall–Kier alpha value is -3.29. The van der Waals surface area contributed by atoms with Crippen molar-refractivity contribution in [3.8, 4) is 5.75 Å². The van der Waals surface area contributed by atoms with Crippen LogP contribution in [0, 0.1) is 13.8 Å². The number of aryl methyl sites for hydroxylation is 2. The van der Waals surface area contributed by atoms with Gasteiger partial charge in [0.25, 0.3) is 5.91 Å². The molecule has 5 nitrogen and oxygen atoms in total. The quantitative estimate of drug-likeness (QED) is 0.389. The van der Waals surface area contributed by atoms with Gasteiger partial charge in [-0.25, -0.2) is 4.98 Å². The number of nitrogens with zero attached hydrogens (tertiary/aromatic N) is 1. The van der Waals surface area contributed by atoms with Crippen LogP contribution < -0.4 is 15.4 Å². The van der Waals surface area contributed by atoms with E-state index >= 15 is 0 Å². The normalized spacial score (nSPS) is 10.6. The second-order valence-electron chi connectivity index (χ2n) is 7.10. The number of hydrogen-bond donors (Lipinski definition) is 2. The number of amides is 1. The van der Waals surface area contributed by atoms with Crippen LogP contribution in [0.5, 0.6) is 5.75 Å². The van der Waals surface area contributed by atoms with Gasteiger partial charge in [0.05, 0.1) is 10.2 Å². The van der Waals surface area contributed by atoms with Crippen molar-refractivity contribution in [1.29, 1.82) is 0 Å². The number of anilines is 1. The lowest BCUT2D eigenvalue weighted by Crippen LogP contribution is -2.34. The van der Waals surface area contributed by atoms with Crippen molar-refractivity contribution in [2.24, 2.45) is 0 Å². The van der Waals surface area contributed by atoms with Gasteiger partial charge in [-0.1, -0.05) is 53.8 Å². The Labute approximate surface area is 190 Å². The van der Waals surface area contributed by atoms with Gasteiger partial charge in [-0.05, 0) is 67.0 Å². The van der Waals surface area contributed by atoms with Crippen molar-refractivity contribution < 1.29 is 9.53 Å². The Balaban J connectivity index is 1.35. The van der Waals surface area contributed by atoms with Crippen LogP contribution in [0.2, 0.25) is 0 Å². The van der Waals surface area contributed by atoms with Gasteiger partial charge in [0.2, 0.25) is 0 Å². The maximum Gasteiger partial charge on any atom is 0.257 e. The zero-order valence-corrected chi connectivity index (χ0v) is 18.8. The van der Waals surface area contributed by atoms with Crippen LogP contribution in [0.15, 0.2) is 66.7 Å². The summed E-state index contributed by atoms with van der Waals surface area (Å²) >= 11 is 6.82. The average Bonchev–Trinajstić information content (AvgIpc) is 3.21. The maximum atomic E-state index is 12.5. The van der Waals surface area contributed by atoms with Crippen LogP contribution in [0.25, 0.3) is 10.2 Å². The molecule has 0 fully saturated rings. The fourth-order valence-electron chi connectivity index (χ4n) is 3.06. The third kappa shape index (κ3) is 5.07. The SMILES string of the molecule is Cc1ccc(C)c2sc(NC(=S)NC(=O)c3ccc(OCc4ccccc4)cc3)nc12. The molecular formula is C24H21N3O2S2. The predicted molar refractivity (Wildman–Crippen MR) is 130 cm³/mol. The number of carbonyl (C=O) groups excluding carboxylic acids is 1. The van der Waals surface area contributed by atoms with E-state index in [0.29, 0.717) is 23.1 Å². The highest BCUT2D eigenvalue weighted by atomic mass is 32.1. The van der Waals surface area contributed by atoms with E-state index in [1.807, 2.05) is 37.3 Å². The summed E-state index contributed by atoms with van der Waals surface area (Å²) in [6, 6.07) is 21.0. The summed E-state index contributed by atoms with van der Waals surface area (Å²) in [5.41, 5.74) is 4.80. The fraction of sp³-hybridized carbons (Fsp3) is 0.125. The van der Waals surface area contributed by atoms with Crippen molar-refractivity contribution in [2.75, 3.05) is 5.32 Å². The van der Waals surface area contributed by atoms with Gasteiger partial charge in [0.1, 0.15) is 12.4 Å². The van der Waals surface area contributed by atoms with Gasteiger partial charge in [-0.15, -0.1) is 0 Å². The second kappa shape index (κ2) is 9.24. The average molecular weight is 448 g/mol. The highest BCUT2D eigenvalue weighted by Crippen LogP contribution is 2.30. The molecule has 0 spiro atoms. The van der Waals surface area contributed by atoms with Gasteiger partial charge in [0, 0.05) is 5.56 Å². The molecular weight excluding hydrogens is 426 g/mol. The van der Waals surface area contributed by atoms with E-state index in [0.717, 1.165) is 26.9 Å². The van der Waals surface area contributed by atoms with Crippen molar-refractivity contribution in [3.05, 3.63) is 89.0 Å². The molecule has 0 saturated carbocycles. The maximum absolute atomic E-state index is 12.5. The Morgan fingerprint density at radius 3 is 2.42 bits per heavy atom. The molecule has 0 bridgehead atoms. The summed E-state index contributed by atoms with van der Waals surface area (Å²) < 4.78 is 6.87. The van der Waals surface area contributed by atoms with Crippen molar-refractivity contribution >= 4 is 49.9 Å². The molecule has 1 aromatic heterocycles. The molecule has 0 saturated heterocycles. The molecule has 3 aromatic carbocycles. The van der Waals surface area contributed by atoms with Crippen LogP contribution in [0.4, 0.5) is 5.13 Å². The van der Waals surface area contributed by atoms with Gasteiger partial charge < -0.3 is 10.1 Å². The molecule has 4 rings (SSSR count). The zero-order chi connectivity index (χ0) is 21.8. The van der Waals surface area contributed by atoms with E-state index in [9.17, 15) is 4.79 Å². The minimum absolute atomic E-state index is 0.212. The standard InChI is InChI=1S/C24H21N3O2S2/c1-15-8-9-16(2)21-20(15)25-24(31-21)27-23(30)26-22(28)18-10-12-19(13-11-18)29-14-17-6-4-3-5-7-17/h3-13H,14H2,1-2H3,(H2,25,26,27,28,30). The predicted octanol–water partition coefficient (Wildman–Crippen LogP) is 5.62. The molecule has 0 aliphatic rings. The Morgan fingerprint density at radius 1 is 1.00 bits per heavy atom. The summed E-state index contributed by atoms with van der Waals surface area (Å²) in [6.45, 7) is 4.55. The number of rotatable bonds is 5. The Kier molecular flexibility index (Phi) is 6.25. The lowest BCUT2D eigenvalue weighted by atomic mass is 10.1. The summed E-state index contributed by atoms with van der Waals surface area (Å²) in [7, 11) is 0.